The fourth-order valence-corrected chi connectivity index (χ4v) is 4.15. The number of nitrogens with zero attached hydrogens (tertiary/aromatic N) is 1. The van der Waals surface area contributed by atoms with Crippen molar-refractivity contribution >= 4 is 5.91 Å². The maximum Gasteiger partial charge on any atom is 0.220 e. The summed E-state index contributed by atoms with van der Waals surface area (Å²) >= 11 is 0. The van der Waals surface area contributed by atoms with Gasteiger partial charge in [0.05, 0.1) is 7.11 Å². The number of ether oxygens (including phenoxy) is 2. The molecular weight excluding hydrogens is 402 g/mol. The van der Waals surface area contributed by atoms with Crippen LogP contribution >= 0.6 is 0 Å². The lowest BCUT2D eigenvalue weighted by molar-refractivity contribution is -0.118. The van der Waals surface area contributed by atoms with E-state index in [-0.39, 0.29) is 12.0 Å². The van der Waals surface area contributed by atoms with Gasteiger partial charge >= 0.3 is 0 Å². The van der Waals surface area contributed by atoms with E-state index in [4.69, 9.17) is 9.47 Å². The quantitative estimate of drug-likeness (QED) is 0.500. The molecule has 1 aliphatic carbocycles. The summed E-state index contributed by atoms with van der Waals surface area (Å²) in [5.74, 6) is 1.08. The van der Waals surface area contributed by atoms with Crippen LogP contribution in [0.3, 0.4) is 0 Å². The molecule has 3 aromatic rings. The van der Waals surface area contributed by atoms with Gasteiger partial charge in [0.1, 0.15) is 6.10 Å². The zero-order valence-corrected chi connectivity index (χ0v) is 18.6. The number of methoxy groups -OCH3 is 1. The molecule has 0 fully saturated rings. The second-order valence-electron chi connectivity index (χ2n) is 7.86. The predicted molar refractivity (Wildman–Crippen MR) is 125 cm³/mol. The molecule has 2 aromatic carbocycles. The van der Waals surface area contributed by atoms with E-state index in [1.807, 2.05) is 18.2 Å². The van der Waals surface area contributed by atoms with Crippen LogP contribution in [-0.4, -0.2) is 31.1 Å². The van der Waals surface area contributed by atoms with Crippen molar-refractivity contribution < 1.29 is 14.3 Å². The SMILES string of the molecule is COc1nc(O[C@@H]2CCc3c(-c4ccccc4)cccc32)ccc1CNCCNC(C)=O. The fourth-order valence-electron chi connectivity index (χ4n) is 4.15. The molecule has 6 nitrogen and oxygen atoms in total. The minimum Gasteiger partial charge on any atom is -0.481 e. The summed E-state index contributed by atoms with van der Waals surface area (Å²) in [5, 5.41) is 6.05. The normalized spacial score (nSPS) is 14.6. The highest BCUT2D eigenvalue weighted by Crippen LogP contribution is 2.40. The summed E-state index contributed by atoms with van der Waals surface area (Å²) < 4.78 is 11.8. The van der Waals surface area contributed by atoms with Crippen molar-refractivity contribution in [1.82, 2.24) is 15.6 Å². The number of hydrogen-bond donors (Lipinski definition) is 2. The molecule has 6 heteroatoms. The summed E-state index contributed by atoms with van der Waals surface area (Å²) in [4.78, 5) is 15.5. The standard InChI is InChI=1S/C26H29N3O3/c1-18(30)28-16-15-27-17-20-11-14-25(29-26(20)31-2)32-24-13-12-22-21(9-6-10-23(22)24)19-7-4-3-5-8-19/h3-11,14,24,27H,12-13,15-17H2,1-2H3,(H,28,30)/t24-/m1/s1. The van der Waals surface area contributed by atoms with E-state index in [1.165, 1.54) is 29.2 Å². The number of pyridine rings is 1. The molecule has 0 spiro atoms. The van der Waals surface area contributed by atoms with Crippen LogP contribution in [0.15, 0.2) is 60.7 Å². The summed E-state index contributed by atoms with van der Waals surface area (Å²) in [7, 11) is 1.62. The number of amides is 1. The van der Waals surface area contributed by atoms with E-state index >= 15 is 0 Å². The van der Waals surface area contributed by atoms with E-state index in [9.17, 15) is 4.79 Å². The Morgan fingerprint density at radius 2 is 1.91 bits per heavy atom. The van der Waals surface area contributed by atoms with Crippen LogP contribution < -0.4 is 20.1 Å². The molecule has 0 unspecified atom stereocenters. The predicted octanol–water partition coefficient (Wildman–Crippen LogP) is 4.05. The zero-order chi connectivity index (χ0) is 22.3. The lowest BCUT2D eigenvalue weighted by Gasteiger charge is -2.17. The van der Waals surface area contributed by atoms with Crippen LogP contribution in [0, 0.1) is 0 Å². The smallest absolute Gasteiger partial charge is 0.220 e. The fraction of sp³-hybridized carbons (Fsp3) is 0.308. The van der Waals surface area contributed by atoms with Crippen molar-refractivity contribution in [2.45, 2.75) is 32.4 Å². The van der Waals surface area contributed by atoms with Crippen molar-refractivity contribution in [2.75, 3.05) is 20.2 Å². The Balaban J connectivity index is 1.44. The Labute approximate surface area is 189 Å². The first-order chi connectivity index (χ1) is 15.7. The molecule has 1 aliphatic rings. The highest BCUT2D eigenvalue weighted by atomic mass is 16.5. The highest BCUT2D eigenvalue weighted by molar-refractivity contribution is 5.72. The van der Waals surface area contributed by atoms with Crippen molar-refractivity contribution in [3.63, 3.8) is 0 Å². The molecule has 4 rings (SSSR count). The van der Waals surface area contributed by atoms with Gasteiger partial charge in [-0.3, -0.25) is 4.79 Å². The number of carbonyl (C=O) groups is 1. The molecule has 1 aromatic heterocycles. The van der Waals surface area contributed by atoms with Crippen LogP contribution in [-0.2, 0) is 17.8 Å². The van der Waals surface area contributed by atoms with Crippen molar-refractivity contribution in [2.24, 2.45) is 0 Å². The van der Waals surface area contributed by atoms with E-state index in [2.05, 4.69) is 58.1 Å². The first-order valence-electron chi connectivity index (χ1n) is 11.0. The lowest BCUT2D eigenvalue weighted by atomic mass is 9.97. The molecule has 0 saturated heterocycles. The van der Waals surface area contributed by atoms with Gasteiger partial charge in [-0.25, -0.2) is 0 Å². The topological polar surface area (TPSA) is 72.5 Å². The van der Waals surface area contributed by atoms with Gasteiger partial charge in [-0.15, -0.1) is 0 Å². The molecule has 2 N–H and O–H groups in total. The average Bonchev–Trinajstić information content (AvgIpc) is 3.22. The number of hydrogen-bond acceptors (Lipinski definition) is 5. The van der Waals surface area contributed by atoms with Gasteiger partial charge < -0.3 is 20.1 Å². The molecule has 0 radical (unpaired) electrons. The maximum absolute atomic E-state index is 10.9. The van der Waals surface area contributed by atoms with Gasteiger partial charge in [-0.2, -0.15) is 4.98 Å². The largest absolute Gasteiger partial charge is 0.481 e. The minimum atomic E-state index is -0.0306. The summed E-state index contributed by atoms with van der Waals surface area (Å²) in [6.07, 6.45) is 1.89. The number of rotatable bonds is 9. The van der Waals surface area contributed by atoms with Crippen LogP contribution in [0.4, 0.5) is 0 Å². The number of fused-ring (bicyclic) bond motifs is 1. The van der Waals surface area contributed by atoms with E-state index in [0.717, 1.165) is 18.4 Å². The van der Waals surface area contributed by atoms with Gasteiger partial charge in [0.2, 0.25) is 17.7 Å². The monoisotopic (exact) mass is 431 g/mol. The first-order valence-corrected chi connectivity index (χ1v) is 11.0. The van der Waals surface area contributed by atoms with E-state index in [1.54, 1.807) is 7.11 Å². The van der Waals surface area contributed by atoms with Gasteiger partial charge in [0.15, 0.2) is 0 Å². The highest BCUT2D eigenvalue weighted by Gasteiger charge is 2.27. The van der Waals surface area contributed by atoms with Crippen LogP contribution in [0.2, 0.25) is 0 Å². The Morgan fingerprint density at radius 1 is 1.06 bits per heavy atom. The van der Waals surface area contributed by atoms with Crippen molar-refractivity contribution in [3.8, 4) is 22.9 Å². The Hall–Kier alpha value is -3.38. The van der Waals surface area contributed by atoms with Crippen molar-refractivity contribution in [3.05, 3.63) is 77.4 Å². The Morgan fingerprint density at radius 3 is 2.69 bits per heavy atom. The third kappa shape index (κ3) is 5.08. The number of aromatic nitrogens is 1. The van der Waals surface area contributed by atoms with Gasteiger partial charge in [-0.1, -0.05) is 48.5 Å². The Kier molecular flexibility index (Phi) is 7.02. The molecule has 1 atom stereocenters. The second kappa shape index (κ2) is 10.3. The van der Waals surface area contributed by atoms with Crippen molar-refractivity contribution in [1.29, 1.82) is 0 Å². The second-order valence-corrected chi connectivity index (χ2v) is 7.86. The maximum atomic E-state index is 10.9. The molecule has 1 heterocycles. The molecule has 0 saturated carbocycles. The third-order valence-corrected chi connectivity index (χ3v) is 5.66. The van der Waals surface area contributed by atoms with Crippen LogP contribution in [0.5, 0.6) is 11.8 Å². The summed E-state index contributed by atoms with van der Waals surface area (Å²) in [6, 6.07) is 20.8. The molecule has 1 amide bonds. The molecule has 0 bridgehead atoms. The molecule has 32 heavy (non-hydrogen) atoms. The summed E-state index contributed by atoms with van der Waals surface area (Å²) in [6.45, 7) is 3.36. The lowest BCUT2D eigenvalue weighted by Crippen LogP contribution is -2.30. The first kappa shape index (κ1) is 21.8. The van der Waals surface area contributed by atoms with E-state index < -0.39 is 0 Å². The number of nitrogens with one attached hydrogen (secondary N) is 2. The summed E-state index contributed by atoms with van der Waals surface area (Å²) in [5.41, 5.74) is 6.05. The number of benzene rings is 2. The van der Waals surface area contributed by atoms with Gasteiger partial charge in [-0.05, 0) is 41.2 Å². The molecule has 0 aliphatic heterocycles. The zero-order valence-electron chi connectivity index (χ0n) is 18.6. The molecular formula is C26H29N3O3. The minimum absolute atomic E-state index is 0.0208. The average molecular weight is 432 g/mol. The van der Waals surface area contributed by atoms with Crippen LogP contribution in [0.25, 0.3) is 11.1 Å². The Bertz CT molecular complexity index is 1070. The van der Waals surface area contributed by atoms with Gasteiger partial charge in [0, 0.05) is 38.2 Å². The van der Waals surface area contributed by atoms with Crippen LogP contribution in [0.1, 0.15) is 36.1 Å². The third-order valence-electron chi connectivity index (χ3n) is 5.66. The van der Waals surface area contributed by atoms with Gasteiger partial charge in [0.25, 0.3) is 0 Å². The molecule has 166 valence electrons. The van der Waals surface area contributed by atoms with E-state index in [0.29, 0.717) is 31.4 Å². The number of carbonyl (C=O) groups excluding carboxylic acids is 1.